The summed E-state index contributed by atoms with van der Waals surface area (Å²) < 4.78 is 3.35. The van der Waals surface area contributed by atoms with Crippen molar-refractivity contribution in [2.24, 2.45) is 12.1 Å². The molecule has 0 aliphatic rings. The summed E-state index contributed by atoms with van der Waals surface area (Å²) in [6.45, 7) is 5.50. The summed E-state index contributed by atoms with van der Waals surface area (Å²) in [4.78, 5) is 12.9. The number of phenols is 1. The van der Waals surface area contributed by atoms with E-state index in [0.717, 1.165) is 28.1 Å². The summed E-state index contributed by atoms with van der Waals surface area (Å²) in [5, 5.41) is 17.1. The van der Waals surface area contributed by atoms with E-state index in [9.17, 15) is 9.90 Å². The number of thiocarbonyl (C=S) groups is 1. The minimum Gasteiger partial charge on any atom is -0.507 e. The van der Waals surface area contributed by atoms with Crippen LogP contribution in [-0.2, 0) is 7.05 Å². The molecule has 1 heterocycles. The Bertz CT molecular complexity index is 1120. The van der Waals surface area contributed by atoms with Gasteiger partial charge in [0.25, 0.3) is 5.56 Å². The number of aromatic hydroxyl groups is 1. The predicted molar refractivity (Wildman–Crippen MR) is 120 cm³/mol. The molecule has 29 heavy (non-hydrogen) atoms. The highest BCUT2D eigenvalue weighted by molar-refractivity contribution is 7.80. The van der Waals surface area contributed by atoms with Crippen LogP contribution in [0.5, 0.6) is 5.75 Å². The molecular formula is C21H23N5O2S. The molecule has 1 aromatic heterocycles. The summed E-state index contributed by atoms with van der Waals surface area (Å²) >= 11 is 5.28. The van der Waals surface area contributed by atoms with E-state index in [-0.39, 0.29) is 16.4 Å². The van der Waals surface area contributed by atoms with Gasteiger partial charge in [0.2, 0.25) is 0 Å². The first-order valence-electron chi connectivity index (χ1n) is 9.04. The van der Waals surface area contributed by atoms with E-state index in [1.807, 2.05) is 70.3 Å². The minimum absolute atomic E-state index is 0.200. The van der Waals surface area contributed by atoms with Crippen LogP contribution in [0.4, 0.5) is 5.69 Å². The van der Waals surface area contributed by atoms with Gasteiger partial charge in [0, 0.05) is 7.05 Å². The second kappa shape index (κ2) is 8.32. The highest BCUT2D eigenvalue weighted by Gasteiger charge is 2.16. The van der Waals surface area contributed by atoms with Gasteiger partial charge in [-0.15, -0.1) is 0 Å². The molecule has 2 aromatic carbocycles. The predicted octanol–water partition coefficient (Wildman–Crippen LogP) is 3.13. The number of phenolic OH excluding ortho intramolecular Hbond substituents is 1. The first-order valence-corrected chi connectivity index (χ1v) is 9.44. The quantitative estimate of drug-likeness (QED) is 0.350. The molecule has 3 rings (SSSR count). The Morgan fingerprint density at radius 2 is 1.76 bits per heavy atom. The van der Waals surface area contributed by atoms with Crippen molar-refractivity contribution in [3.8, 4) is 11.4 Å². The molecular weight excluding hydrogens is 386 g/mol. The van der Waals surface area contributed by atoms with Gasteiger partial charge in [0.1, 0.15) is 11.4 Å². The van der Waals surface area contributed by atoms with Crippen molar-refractivity contribution < 1.29 is 5.11 Å². The fourth-order valence-electron chi connectivity index (χ4n) is 3.08. The SMILES string of the molecule is Cc1cc(/C=N/NC(=S)Nc2c(C)n(C)n(-c3ccccc3)c2=O)cc(C)c1O. The molecule has 3 aromatic rings. The standard InChI is InChI=1S/C21H23N5O2S/c1-13-10-16(11-14(2)19(13)27)12-22-24-21(29)23-18-15(3)25(4)26(20(18)28)17-8-6-5-7-9-17/h5-12,27H,1-4H3,(H2,23,24,29)/b22-12+. The molecule has 0 fully saturated rings. The number of aryl methyl sites for hydroxylation is 2. The van der Waals surface area contributed by atoms with Gasteiger partial charge in [-0.3, -0.25) is 14.9 Å². The van der Waals surface area contributed by atoms with Crippen molar-refractivity contribution in [1.29, 1.82) is 0 Å². The second-order valence-electron chi connectivity index (χ2n) is 6.76. The number of hydrazone groups is 1. The maximum Gasteiger partial charge on any atom is 0.295 e. The maximum atomic E-state index is 12.9. The topological polar surface area (TPSA) is 83.6 Å². The van der Waals surface area contributed by atoms with E-state index in [2.05, 4.69) is 15.8 Å². The lowest BCUT2D eigenvalue weighted by Crippen LogP contribution is -2.28. The van der Waals surface area contributed by atoms with Crippen LogP contribution in [0.2, 0.25) is 0 Å². The molecule has 0 unspecified atom stereocenters. The molecule has 0 amide bonds. The summed E-state index contributed by atoms with van der Waals surface area (Å²) in [7, 11) is 1.82. The summed E-state index contributed by atoms with van der Waals surface area (Å²) in [5.74, 6) is 0.279. The number of nitrogens with zero attached hydrogens (tertiary/aromatic N) is 3. The average molecular weight is 410 g/mol. The zero-order valence-electron chi connectivity index (χ0n) is 16.7. The monoisotopic (exact) mass is 409 g/mol. The molecule has 0 radical (unpaired) electrons. The average Bonchev–Trinajstić information content (AvgIpc) is 2.90. The van der Waals surface area contributed by atoms with Crippen LogP contribution in [0.1, 0.15) is 22.4 Å². The van der Waals surface area contributed by atoms with Crippen LogP contribution < -0.4 is 16.3 Å². The van der Waals surface area contributed by atoms with Gasteiger partial charge >= 0.3 is 0 Å². The Morgan fingerprint density at radius 3 is 2.38 bits per heavy atom. The van der Waals surface area contributed by atoms with Crippen LogP contribution >= 0.6 is 12.2 Å². The normalized spacial score (nSPS) is 11.0. The molecule has 3 N–H and O–H groups in total. The molecule has 0 atom stereocenters. The Kier molecular flexibility index (Phi) is 5.84. The highest BCUT2D eigenvalue weighted by atomic mass is 32.1. The van der Waals surface area contributed by atoms with Gasteiger partial charge in [-0.25, -0.2) is 4.68 Å². The molecule has 0 saturated heterocycles. The molecule has 0 aliphatic carbocycles. The van der Waals surface area contributed by atoms with E-state index in [4.69, 9.17) is 12.2 Å². The minimum atomic E-state index is -0.200. The van der Waals surface area contributed by atoms with E-state index in [0.29, 0.717) is 5.69 Å². The molecule has 8 heteroatoms. The van der Waals surface area contributed by atoms with E-state index in [1.54, 1.807) is 15.6 Å². The summed E-state index contributed by atoms with van der Waals surface area (Å²) in [5.41, 5.74) is 6.80. The van der Waals surface area contributed by atoms with Crippen molar-refractivity contribution >= 4 is 29.2 Å². The first kappa shape index (κ1) is 20.3. The zero-order valence-corrected chi connectivity index (χ0v) is 17.5. The smallest absolute Gasteiger partial charge is 0.295 e. The Morgan fingerprint density at radius 1 is 1.14 bits per heavy atom. The van der Waals surface area contributed by atoms with Crippen LogP contribution in [0.3, 0.4) is 0 Å². The van der Waals surface area contributed by atoms with E-state index < -0.39 is 0 Å². The summed E-state index contributed by atoms with van der Waals surface area (Å²) in [6.07, 6.45) is 1.60. The molecule has 0 spiro atoms. The fourth-order valence-corrected chi connectivity index (χ4v) is 3.24. The molecule has 0 bridgehead atoms. The van der Waals surface area contributed by atoms with Crippen molar-refractivity contribution in [2.75, 3.05) is 5.32 Å². The van der Waals surface area contributed by atoms with Crippen LogP contribution in [-0.4, -0.2) is 25.8 Å². The van der Waals surface area contributed by atoms with E-state index in [1.165, 1.54) is 0 Å². The van der Waals surface area contributed by atoms with E-state index >= 15 is 0 Å². The number of anilines is 1. The lowest BCUT2D eigenvalue weighted by atomic mass is 10.1. The number of hydrogen-bond acceptors (Lipinski definition) is 4. The Labute approximate surface area is 174 Å². The number of rotatable bonds is 4. The molecule has 0 saturated carbocycles. The molecule has 150 valence electrons. The fraction of sp³-hybridized carbons (Fsp3) is 0.190. The summed E-state index contributed by atoms with van der Waals surface area (Å²) in [6, 6.07) is 13.0. The third-order valence-corrected chi connectivity index (χ3v) is 4.88. The van der Waals surface area contributed by atoms with Crippen LogP contribution in [0.25, 0.3) is 5.69 Å². The third-order valence-electron chi connectivity index (χ3n) is 4.69. The van der Waals surface area contributed by atoms with Gasteiger partial charge in [-0.1, -0.05) is 18.2 Å². The third kappa shape index (κ3) is 4.22. The Hall–Kier alpha value is -3.39. The Balaban J connectivity index is 1.76. The van der Waals surface area contributed by atoms with Crippen LogP contribution in [0, 0.1) is 20.8 Å². The first-order chi connectivity index (χ1) is 13.8. The van der Waals surface area contributed by atoms with Crippen molar-refractivity contribution in [2.45, 2.75) is 20.8 Å². The maximum absolute atomic E-state index is 12.9. The van der Waals surface area contributed by atoms with Crippen LogP contribution in [0.15, 0.2) is 52.4 Å². The van der Waals surface area contributed by atoms with Crippen molar-refractivity contribution in [3.05, 3.63) is 75.2 Å². The van der Waals surface area contributed by atoms with Gasteiger partial charge in [0.05, 0.1) is 17.6 Å². The largest absolute Gasteiger partial charge is 0.507 e. The number of benzene rings is 2. The van der Waals surface area contributed by atoms with Crippen molar-refractivity contribution in [1.82, 2.24) is 14.8 Å². The molecule has 7 nitrogen and oxygen atoms in total. The number of para-hydroxylation sites is 1. The van der Waals surface area contributed by atoms with Gasteiger partial charge in [-0.05, 0) is 73.9 Å². The lowest BCUT2D eigenvalue weighted by Gasteiger charge is -2.07. The second-order valence-corrected chi connectivity index (χ2v) is 7.17. The highest BCUT2D eigenvalue weighted by Crippen LogP contribution is 2.22. The van der Waals surface area contributed by atoms with Crippen molar-refractivity contribution in [3.63, 3.8) is 0 Å². The zero-order chi connectivity index (χ0) is 21.1. The number of aromatic nitrogens is 2. The number of hydrogen-bond donors (Lipinski definition) is 3. The van der Waals surface area contributed by atoms with Gasteiger partial charge in [0.15, 0.2) is 5.11 Å². The molecule has 0 aliphatic heterocycles. The number of nitrogens with one attached hydrogen (secondary N) is 2. The van der Waals surface area contributed by atoms with Gasteiger partial charge in [-0.2, -0.15) is 5.10 Å². The van der Waals surface area contributed by atoms with Gasteiger partial charge < -0.3 is 10.4 Å². The lowest BCUT2D eigenvalue weighted by molar-refractivity contribution is 0.467.